The summed E-state index contributed by atoms with van der Waals surface area (Å²) in [5.41, 5.74) is 0.394. The Bertz CT molecular complexity index is 267. The highest BCUT2D eigenvalue weighted by atomic mass is 16.5. The zero-order valence-electron chi connectivity index (χ0n) is 14.2. The lowest BCUT2D eigenvalue weighted by Crippen LogP contribution is -2.44. The Kier molecular flexibility index (Phi) is 5.88. The van der Waals surface area contributed by atoms with E-state index in [2.05, 4.69) is 53.8 Å². The van der Waals surface area contributed by atoms with Gasteiger partial charge in [0.25, 0.3) is 0 Å². The zero-order valence-corrected chi connectivity index (χ0v) is 14.2. The first kappa shape index (κ1) is 17.0. The molecule has 0 amide bonds. The van der Waals surface area contributed by atoms with Crippen molar-refractivity contribution in [2.75, 3.05) is 13.2 Å². The quantitative estimate of drug-likeness (QED) is 0.806. The molecule has 0 bridgehead atoms. The van der Waals surface area contributed by atoms with Crippen molar-refractivity contribution in [3.05, 3.63) is 0 Å². The smallest absolute Gasteiger partial charge is 0.0578 e. The van der Waals surface area contributed by atoms with Crippen LogP contribution in [0.3, 0.4) is 0 Å². The van der Waals surface area contributed by atoms with Crippen LogP contribution in [-0.4, -0.2) is 24.8 Å². The topological polar surface area (TPSA) is 21.3 Å². The van der Waals surface area contributed by atoms with Crippen molar-refractivity contribution in [1.29, 1.82) is 0 Å². The maximum atomic E-state index is 6.19. The van der Waals surface area contributed by atoms with Gasteiger partial charge >= 0.3 is 0 Å². The van der Waals surface area contributed by atoms with Crippen LogP contribution in [0.2, 0.25) is 0 Å². The third kappa shape index (κ3) is 6.76. The van der Waals surface area contributed by atoms with Crippen molar-refractivity contribution in [1.82, 2.24) is 5.32 Å². The molecule has 1 aliphatic rings. The fraction of sp³-hybridized carbons (Fsp3) is 1.00. The number of hydrogen-bond donors (Lipinski definition) is 1. The Hall–Kier alpha value is -0.0800. The SMILES string of the molecule is CC1CCC(OCC(C)(C)CNC(C)(C)C)CC1C. The largest absolute Gasteiger partial charge is 0.378 e. The molecule has 114 valence electrons. The molecule has 3 atom stereocenters. The van der Waals surface area contributed by atoms with Gasteiger partial charge in [-0.2, -0.15) is 0 Å². The summed E-state index contributed by atoms with van der Waals surface area (Å²) in [6, 6.07) is 0. The highest BCUT2D eigenvalue weighted by Gasteiger charge is 2.27. The number of hydrogen-bond acceptors (Lipinski definition) is 2. The van der Waals surface area contributed by atoms with Crippen LogP contribution in [0, 0.1) is 17.3 Å². The Labute approximate surface area is 120 Å². The number of ether oxygens (including phenoxy) is 1. The molecule has 1 rings (SSSR count). The van der Waals surface area contributed by atoms with Gasteiger partial charge in [0.15, 0.2) is 0 Å². The monoisotopic (exact) mass is 269 g/mol. The minimum Gasteiger partial charge on any atom is -0.378 e. The van der Waals surface area contributed by atoms with Crippen molar-refractivity contribution in [3.8, 4) is 0 Å². The van der Waals surface area contributed by atoms with Gasteiger partial charge in [-0.1, -0.05) is 27.7 Å². The maximum Gasteiger partial charge on any atom is 0.0578 e. The summed E-state index contributed by atoms with van der Waals surface area (Å²) < 4.78 is 6.19. The molecule has 2 heteroatoms. The van der Waals surface area contributed by atoms with Crippen LogP contribution < -0.4 is 5.32 Å². The van der Waals surface area contributed by atoms with E-state index in [1.165, 1.54) is 19.3 Å². The standard InChI is InChI=1S/C17H35NO/c1-13-8-9-15(10-14(13)2)19-12-17(6,7)11-18-16(3,4)5/h13-15,18H,8-12H2,1-7H3. The van der Waals surface area contributed by atoms with Crippen LogP contribution >= 0.6 is 0 Å². The minimum absolute atomic E-state index is 0.187. The molecular formula is C17H35NO. The molecule has 0 saturated heterocycles. The summed E-state index contributed by atoms with van der Waals surface area (Å²) in [5, 5.41) is 3.59. The summed E-state index contributed by atoms with van der Waals surface area (Å²) in [6.07, 6.45) is 4.30. The number of rotatable bonds is 5. The minimum atomic E-state index is 0.187. The lowest BCUT2D eigenvalue weighted by molar-refractivity contribution is -0.0333. The molecule has 3 unspecified atom stereocenters. The van der Waals surface area contributed by atoms with Crippen LogP contribution in [0.1, 0.15) is 67.7 Å². The second-order valence-corrected chi connectivity index (χ2v) is 8.47. The van der Waals surface area contributed by atoms with E-state index in [1.807, 2.05) is 0 Å². The zero-order chi connectivity index (χ0) is 14.7. The normalized spacial score (nSPS) is 29.5. The van der Waals surface area contributed by atoms with Crippen molar-refractivity contribution < 1.29 is 4.74 Å². The average molecular weight is 269 g/mol. The van der Waals surface area contributed by atoms with Gasteiger partial charge in [0.05, 0.1) is 12.7 Å². The summed E-state index contributed by atoms with van der Waals surface area (Å²) >= 11 is 0. The molecule has 0 aromatic carbocycles. The van der Waals surface area contributed by atoms with Crippen LogP contribution in [0.4, 0.5) is 0 Å². The average Bonchev–Trinajstić information content (AvgIpc) is 2.28. The molecule has 0 aliphatic heterocycles. The van der Waals surface area contributed by atoms with Gasteiger partial charge in [-0.05, 0) is 51.9 Å². The first-order valence-electron chi connectivity index (χ1n) is 7.96. The molecule has 0 aromatic rings. The Balaban J connectivity index is 2.30. The molecule has 0 spiro atoms. The van der Waals surface area contributed by atoms with Gasteiger partial charge in [0.1, 0.15) is 0 Å². The molecule has 0 radical (unpaired) electrons. The van der Waals surface area contributed by atoms with E-state index in [-0.39, 0.29) is 11.0 Å². The van der Waals surface area contributed by atoms with E-state index in [4.69, 9.17) is 4.74 Å². The molecule has 1 aliphatic carbocycles. The lowest BCUT2D eigenvalue weighted by atomic mass is 9.80. The molecule has 19 heavy (non-hydrogen) atoms. The van der Waals surface area contributed by atoms with E-state index in [0.717, 1.165) is 25.0 Å². The van der Waals surface area contributed by atoms with Gasteiger partial charge in [-0.3, -0.25) is 0 Å². The van der Waals surface area contributed by atoms with E-state index in [1.54, 1.807) is 0 Å². The maximum absolute atomic E-state index is 6.19. The van der Waals surface area contributed by atoms with E-state index >= 15 is 0 Å². The van der Waals surface area contributed by atoms with Crippen molar-refractivity contribution >= 4 is 0 Å². The molecule has 0 aromatic heterocycles. The van der Waals surface area contributed by atoms with Gasteiger partial charge < -0.3 is 10.1 Å². The second-order valence-electron chi connectivity index (χ2n) is 8.47. The predicted molar refractivity (Wildman–Crippen MR) is 83.5 cm³/mol. The number of nitrogens with one attached hydrogen (secondary N) is 1. The second kappa shape index (κ2) is 6.58. The summed E-state index contributed by atoms with van der Waals surface area (Å²) in [7, 11) is 0. The molecule has 0 heterocycles. The van der Waals surface area contributed by atoms with Crippen molar-refractivity contribution in [2.24, 2.45) is 17.3 Å². The summed E-state index contributed by atoms with van der Waals surface area (Å²) in [4.78, 5) is 0. The van der Waals surface area contributed by atoms with Crippen LogP contribution in [0.25, 0.3) is 0 Å². The fourth-order valence-electron chi connectivity index (χ4n) is 2.55. The molecule has 1 saturated carbocycles. The Morgan fingerprint density at radius 2 is 1.63 bits per heavy atom. The molecular weight excluding hydrogens is 234 g/mol. The molecule has 2 nitrogen and oxygen atoms in total. The van der Waals surface area contributed by atoms with Crippen molar-refractivity contribution in [2.45, 2.75) is 79.4 Å². The summed E-state index contributed by atoms with van der Waals surface area (Å²) in [6.45, 7) is 17.8. The fourth-order valence-corrected chi connectivity index (χ4v) is 2.55. The van der Waals surface area contributed by atoms with E-state index in [9.17, 15) is 0 Å². The van der Waals surface area contributed by atoms with Gasteiger partial charge in [0.2, 0.25) is 0 Å². The highest BCUT2D eigenvalue weighted by Crippen LogP contribution is 2.31. The molecule has 1 N–H and O–H groups in total. The lowest BCUT2D eigenvalue weighted by Gasteiger charge is -2.35. The Morgan fingerprint density at radius 3 is 2.16 bits per heavy atom. The van der Waals surface area contributed by atoms with Crippen LogP contribution in [0.15, 0.2) is 0 Å². The van der Waals surface area contributed by atoms with Gasteiger partial charge in [-0.15, -0.1) is 0 Å². The first-order chi connectivity index (χ1) is 8.59. The predicted octanol–water partition coefficient (Wildman–Crippen LogP) is 4.24. The van der Waals surface area contributed by atoms with Gasteiger partial charge in [-0.25, -0.2) is 0 Å². The highest BCUT2D eigenvalue weighted by molar-refractivity contribution is 4.80. The Morgan fingerprint density at radius 1 is 1.00 bits per heavy atom. The van der Waals surface area contributed by atoms with E-state index < -0.39 is 0 Å². The van der Waals surface area contributed by atoms with Crippen LogP contribution in [0.5, 0.6) is 0 Å². The van der Waals surface area contributed by atoms with Crippen LogP contribution in [-0.2, 0) is 4.74 Å². The van der Waals surface area contributed by atoms with Crippen molar-refractivity contribution in [3.63, 3.8) is 0 Å². The van der Waals surface area contributed by atoms with Gasteiger partial charge in [0, 0.05) is 17.5 Å². The third-order valence-corrected chi connectivity index (χ3v) is 4.36. The van der Waals surface area contributed by atoms with E-state index in [0.29, 0.717) is 6.10 Å². The first-order valence-corrected chi connectivity index (χ1v) is 7.96. The molecule has 1 fully saturated rings. The summed E-state index contributed by atoms with van der Waals surface area (Å²) in [5.74, 6) is 1.69. The third-order valence-electron chi connectivity index (χ3n) is 4.36.